The summed E-state index contributed by atoms with van der Waals surface area (Å²) in [7, 11) is -1.62. The van der Waals surface area contributed by atoms with Crippen LogP contribution in [0.25, 0.3) is 0 Å². The van der Waals surface area contributed by atoms with Gasteiger partial charge in [-0.15, -0.1) is 6.58 Å². The summed E-state index contributed by atoms with van der Waals surface area (Å²) >= 11 is 0. The van der Waals surface area contributed by atoms with Gasteiger partial charge >= 0.3 is 0 Å². The number of hydrogen-bond acceptors (Lipinski definition) is 1. The van der Waals surface area contributed by atoms with E-state index in [0.29, 0.717) is 11.1 Å². The lowest BCUT2D eigenvalue weighted by Gasteiger charge is -2.39. The van der Waals surface area contributed by atoms with E-state index in [2.05, 4.69) is 47.4 Å². The van der Waals surface area contributed by atoms with Crippen molar-refractivity contribution in [1.82, 2.24) is 0 Å². The van der Waals surface area contributed by atoms with Gasteiger partial charge < -0.3 is 4.43 Å². The smallest absolute Gasteiger partial charge is 0.192 e. The van der Waals surface area contributed by atoms with E-state index in [-0.39, 0.29) is 0 Å². The minimum atomic E-state index is -1.62. The molecular weight excluding hydrogens is 236 g/mol. The largest absolute Gasteiger partial charge is 0.414 e. The summed E-state index contributed by atoms with van der Waals surface area (Å²) in [6.07, 6.45) is 9.87. The Morgan fingerprint density at radius 2 is 1.78 bits per heavy atom. The van der Waals surface area contributed by atoms with E-state index in [1.807, 2.05) is 6.08 Å². The first-order chi connectivity index (χ1) is 8.24. The van der Waals surface area contributed by atoms with Crippen molar-refractivity contribution in [1.29, 1.82) is 0 Å². The van der Waals surface area contributed by atoms with Crippen LogP contribution in [0.2, 0.25) is 18.1 Å². The number of hydrogen-bond donors (Lipinski definition) is 0. The maximum Gasteiger partial charge on any atom is 0.192 e. The molecule has 0 aliphatic heterocycles. The van der Waals surface area contributed by atoms with Crippen LogP contribution in [0.15, 0.2) is 12.7 Å². The van der Waals surface area contributed by atoms with E-state index < -0.39 is 8.32 Å². The van der Waals surface area contributed by atoms with E-state index in [0.717, 1.165) is 6.42 Å². The Balaban J connectivity index is 4.30. The van der Waals surface area contributed by atoms with E-state index in [1.54, 1.807) is 0 Å². The summed E-state index contributed by atoms with van der Waals surface area (Å²) in [5, 5.41) is 0.301. The van der Waals surface area contributed by atoms with E-state index >= 15 is 0 Å². The molecule has 0 heterocycles. The molecule has 2 heteroatoms. The van der Waals surface area contributed by atoms with Gasteiger partial charge in [-0.3, -0.25) is 0 Å². The van der Waals surface area contributed by atoms with Crippen LogP contribution in [0, 0.1) is 0 Å². The fourth-order valence-corrected chi connectivity index (χ4v) is 3.20. The van der Waals surface area contributed by atoms with Crippen LogP contribution in [0.3, 0.4) is 0 Å². The van der Waals surface area contributed by atoms with Gasteiger partial charge in [0.05, 0.1) is 0 Å². The third kappa shape index (κ3) is 6.74. The molecule has 0 rings (SSSR count). The third-order valence-electron chi connectivity index (χ3n) is 4.08. The Kier molecular flexibility index (Phi) is 8.12. The Labute approximate surface area is 116 Å². The zero-order valence-electron chi connectivity index (χ0n) is 13.5. The molecule has 1 unspecified atom stereocenters. The molecule has 0 amide bonds. The van der Waals surface area contributed by atoms with Crippen LogP contribution in [-0.4, -0.2) is 14.4 Å². The van der Waals surface area contributed by atoms with Crippen molar-refractivity contribution in [3.63, 3.8) is 0 Å². The SMILES string of the molecule is C=CCC(CCCCCC)O[Si](C)(C)C(C)(C)C. The maximum absolute atomic E-state index is 6.49. The molecule has 0 bridgehead atoms. The van der Waals surface area contributed by atoms with Crippen LogP contribution >= 0.6 is 0 Å². The monoisotopic (exact) mass is 270 g/mol. The molecule has 0 saturated carbocycles. The van der Waals surface area contributed by atoms with Crippen molar-refractivity contribution >= 4 is 8.32 Å². The molecule has 0 fully saturated rings. The Morgan fingerprint density at radius 3 is 2.22 bits per heavy atom. The average Bonchev–Trinajstić information content (AvgIpc) is 2.22. The Hall–Kier alpha value is -0.0831. The highest BCUT2D eigenvalue weighted by Crippen LogP contribution is 2.38. The topological polar surface area (TPSA) is 9.23 Å². The normalized spacial score (nSPS) is 14.6. The summed E-state index contributed by atoms with van der Waals surface area (Å²) in [6, 6.07) is 0. The molecule has 0 N–H and O–H groups in total. The van der Waals surface area contributed by atoms with Crippen LogP contribution < -0.4 is 0 Å². The zero-order chi connectivity index (χ0) is 14.2. The highest BCUT2D eigenvalue weighted by Gasteiger charge is 2.38. The summed E-state index contributed by atoms with van der Waals surface area (Å²) in [6.45, 7) is 17.7. The Bertz CT molecular complexity index is 228. The van der Waals surface area contributed by atoms with Gasteiger partial charge in [0.1, 0.15) is 0 Å². The van der Waals surface area contributed by atoms with Crippen molar-refractivity contribution in [3.05, 3.63) is 12.7 Å². The van der Waals surface area contributed by atoms with Gasteiger partial charge in [0, 0.05) is 6.10 Å². The molecular formula is C16H34OSi. The number of unbranched alkanes of at least 4 members (excludes halogenated alkanes) is 3. The average molecular weight is 271 g/mol. The second kappa shape index (κ2) is 8.16. The summed E-state index contributed by atoms with van der Waals surface area (Å²) in [5.74, 6) is 0. The van der Waals surface area contributed by atoms with Gasteiger partial charge in [-0.1, -0.05) is 59.5 Å². The first kappa shape index (κ1) is 17.9. The van der Waals surface area contributed by atoms with Crippen molar-refractivity contribution in [2.45, 2.75) is 90.5 Å². The molecule has 1 nitrogen and oxygen atoms in total. The molecule has 1 atom stereocenters. The first-order valence-electron chi connectivity index (χ1n) is 7.53. The van der Waals surface area contributed by atoms with E-state index in [4.69, 9.17) is 4.43 Å². The lowest BCUT2D eigenvalue weighted by molar-refractivity contribution is 0.170. The van der Waals surface area contributed by atoms with Crippen molar-refractivity contribution in [2.75, 3.05) is 0 Å². The lowest BCUT2D eigenvalue weighted by Crippen LogP contribution is -2.43. The molecule has 0 spiro atoms. The minimum Gasteiger partial charge on any atom is -0.414 e. The zero-order valence-corrected chi connectivity index (χ0v) is 14.5. The predicted octanol–water partition coefficient (Wildman–Crippen LogP) is 5.92. The van der Waals surface area contributed by atoms with Gasteiger partial charge in [-0.2, -0.15) is 0 Å². The van der Waals surface area contributed by atoms with E-state index in [1.165, 1.54) is 32.1 Å². The first-order valence-corrected chi connectivity index (χ1v) is 10.4. The second-order valence-corrected chi connectivity index (χ2v) is 11.6. The Morgan fingerprint density at radius 1 is 1.17 bits per heavy atom. The molecule has 18 heavy (non-hydrogen) atoms. The van der Waals surface area contributed by atoms with Gasteiger partial charge in [0.2, 0.25) is 0 Å². The van der Waals surface area contributed by atoms with Crippen LogP contribution in [0.5, 0.6) is 0 Å². The standard InChI is InChI=1S/C16H34OSi/c1-8-10-11-12-14-15(13-9-2)17-18(6,7)16(3,4)5/h9,15H,2,8,10-14H2,1,3-7H3. The molecule has 0 aromatic heterocycles. The predicted molar refractivity (Wildman–Crippen MR) is 85.6 cm³/mol. The fourth-order valence-electron chi connectivity index (χ4n) is 1.80. The highest BCUT2D eigenvalue weighted by atomic mass is 28.4. The van der Waals surface area contributed by atoms with Gasteiger partial charge in [-0.05, 0) is 31.0 Å². The van der Waals surface area contributed by atoms with Crippen LogP contribution in [0.1, 0.15) is 66.2 Å². The van der Waals surface area contributed by atoms with Crippen molar-refractivity contribution in [2.24, 2.45) is 0 Å². The maximum atomic E-state index is 6.49. The molecule has 0 aromatic rings. The molecule has 0 saturated heterocycles. The van der Waals surface area contributed by atoms with Gasteiger partial charge in [-0.25, -0.2) is 0 Å². The van der Waals surface area contributed by atoms with Crippen LogP contribution in [-0.2, 0) is 4.43 Å². The van der Waals surface area contributed by atoms with Crippen molar-refractivity contribution < 1.29 is 4.43 Å². The van der Waals surface area contributed by atoms with Gasteiger partial charge in [0.25, 0.3) is 0 Å². The molecule has 108 valence electrons. The lowest BCUT2D eigenvalue weighted by atomic mass is 10.1. The molecule has 0 aliphatic carbocycles. The summed E-state index contributed by atoms with van der Waals surface area (Å²) in [4.78, 5) is 0. The van der Waals surface area contributed by atoms with Gasteiger partial charge in [0.15, 0.2) is 8.32 Å². The molecule has 0 radical (unpaired) electrons. The van der Waals surface area contributed by atoms with E-state index in [9.17, 15) is 0 Å². The fraction of sp³-hybridized carbons (Fsp3) is 0.875. The summed E-state index contributed by atoms with van der Waals surface area (Å²) in [5.41, 5.74) is 0. The number of rotatable bonds is 9. The molecule has 0 aliphatic rings. The third-order valence-corrected chi connectivity index (χ3v) is 8.61. The molecule has 0 aromatic carbocycles. The summed E-state index contributed by atoms with van der Waals surface area (Å²) < 4.78 is 6.49. The second-order valence-electron chi connectivity index (χ2n) is 6.87. The highest BCUT2D eigenvalue weighted by molar-refractivity contribution is 6.74. The van der Waals surface area contributed by atoms with Crippen LogP contribution in [0.4, 0.5) is 0 Å². The minimum absolute atomic E-state index is 0.301. The quantitative estimate of drug-likeness (QED) is 0.287. The van der Waals surface area contributed by atoms with Crippen molar-refractivity contribution in [3.8, 4) is 0 Å².